The van der Waals surface area contributed by atoms with Crippen LogP contribution >= 0.6 is 15.9 Å². The third-order valence-corrected chi connectivity index (χ3v) is 5.82. The molecule has 21 heavy (non-hydrogen) atoms. The van der Waals surface area contributed by atoms with Crippen LogP contribution in [0.4, 0.5) is 10.1 Å². The molecule has 1 aliphatic rings. The van der Waals surface area contributed by atoms with Crippen LogP contribution in [-0.4, -0.2) is 34.0 Å². The minimum absolute atomic E-state index is 0.0533. The van der Waals surface area contributed by atoms with E-state index < -0.39 is 20.7 Å². The van der Waals surface area contributed by atoms with E-state index in [0.29, 0.717) is 16.8 Å². The lowest BCUT2D eigenvalue weighted by atomic mass is 10.3. The lowest BCUT2D eigenvalue weighted by molar-refractivity contribution is 0.334. The SMILES string of the molecule is Nc1cc(S(=O)(=O)N2CCn3cnnc3C2)c(F)cc1Br. The molecule has 0 bridgehead atoms. The van der Waals surface area contributed by atoms with Gasteiger partial charge < -0.3 is 10.3 Å². The fourth-order valence-electron chi connectivity index (χ4n) is 2.13. The predicted octanol–water partition coefficient (Wildman–Crippen LogP) is 0.966. The monoisotopic (exact) mass is 375 g/mol. The lowest BCUT2D eigenvalue weighted by Gasteiger charge is -2.26. The summed E-state index contributed by atoms with van der Waals surface area (Å²) in [7, 11) is -3.98. The fourth-order valence-corrected chi connectivity index (χ4v) is 3.91. The van der Waals surface area contributed by atoms with Gasteiger partial charge in [0.1, 0.15) is 22.9 Å². The molecule has 3 rings (SSSR count). The van der Waals surface area contributed by atoms with Gasteiger partial charge in [0.2, 0.25) is 10.0 Å². The fraction of sp³-hybridized carbons (Fsp3) is 0.273. The second kappa shape index (κ2) is 5.04. The zero-order valence-electron chi connectivity index (χ0n) is 10.7. The topological polar surface area (TPSA) is 94.1 Å². The summed E-state index contributed by atoms with van der Waals surface area (Å²) in [4.78, 5) is -0.434. The summed E-state index contributed by atoms with van der Waals surface area (Å²) in [6.07, 6.45) is 1.54. The molecule has 7 nitrogen and oxygen atoms in total. The van der Waals surface area contributed by atoms with Gasteiger partial charge in [0.25, 0.3) is 0 Å². The molecule has 0 aliphatic carbocycles. The number of rotatable bonds is 2. The number of sulfonamides is 1. The molecule has 0 unspecified atom stereocenters. The first-order valence-electron chi connectivity index (χ1n) is 6.01. The Labute approximate surface area is 128 Å². The van der Waals surface area contributed by atoms with E-state index in [1.165, 1.54) is 10.6 Å². The summed E-state index contributed by atoms with van der Waals surface area (Å²) in [5.41, 5.74) is 5.81. The molecule has 112 valence electrons. The maximum Gasteiger partial charge on any atom is 0.246 e. The molecule has 0 fully saturated rings. The minimum atomic E-state index is -3.98. The highest BCUT2D eigenvalue weighted by Gasteiger charge is 2.31. The molecule has 2 N–H and O–H groups in total. The Morgan fingerprint density at radius 1 is 1.33 bits per heavy atom. The van der Waals surface area contributed by atoms with Gasteiger partial charge in [-0.2, -0.15) is 4.31 Å². The molecule has 0 radical (unpaired) electrons. The number of nitrogens with zero attached hydrogens (tertiary/aromatic N) is 4. The van der Waals surface area contributed by atoms with E-state index >= 15 is 0 Å². The van der Waals surface area contributed by atoms with Crippen molar-refractivity contribution in [2.24, 2.45) is 0 Å². The number of benzene rings is 1. The molecule has 0 amide bonds. The van der Waals surface area contributed by atoms with E-state index in [1.807, 2.05) is 0 Å². The average Bonchev–Trinajstić information content (AvgIpc) is 2.90. The largest absolute Gasteiger partial charge is 0.398 e. The summed E-state index contributed by atoms with van der Waals surface area (Å²) < 4.78 is 42.4. The molecule has 1 aromatic heterocycles. The van der Waals surface area contributed by atoms with Gasteiger partial charge in [0.15, 0.2) is 0 Å². The molecule has 10 heteroatoms. The van der Waals surface area contributed by atoms with Crippen molar-refractivity contribution in [3.8, 4) is 0 Å². The summed E-state index contributed by atoms with van der Waals surface area (Å²) in [5.74, 6) is -0.321. The van der Waals surface area contributed by atoms with Crippen molar-refractivity contribution in [3.63, 3.8) is 0 Å². The van der Waals surface area contributed by atoms with Crippen LogP contribution in [0.5, 0.6) is 0 Å². The van der Waals surface area contributed by atoms with E-state index in [4.69, 9.17) is 5.73 Å². The summed E-state index contributed by atoms with van der Waals surface area (Å²) in [6, 6.07) is 2.17. The van der Waals surface area contributed by atoms with Crippen molar-refractivity contribution >= 4 is 31.6 Å². The second-order valence-corrected chi connectivity index (χ2v) is 7.34. The van der Waals surface area contributed by atoms with Gasteiger partial charge >= 0.3 is 0 Å². The first kappa shape index (κ1) is 14.4. The molecule has 0 saturated carbocycles. The first-order chi connectivity index (χ1) is 9.89. The van der Waals surface area contributed by atoms with Crippen molar-refractivity contribution in [3.05, 3.63) is 34.6 Å². The number of anilines is 1. The molecule has 2 heterocycles. The highest BCUT2D eigenvalue weighted by Crippen LogP contribution is 2.29. The molecule has 1 aliphatic heterocycles. The number of aromatic nitrogens is 3. The van der Waals surface area contributed by atoms with E-state index in [1.54, 1.807) is 4.57 Å². The first-order valence-corrected chi connectivity index (χ1v) is 8.24. The van der Waals surface area contributed by atoms with Crippen LogP contribution in [0, 0.1) is 5.82 Å². The molecule has 0 atom stereocenters. The van der Waals surface area contributed by atoms with E-state index in [9.17, 15) is 12.8 Å². The highest BCUT2D eigenvalue weighted by molar-refractivity contribution is 9.10. The summed E-state index contributed by atoms with van der Waals surface area (Å²) in [6.45, 7) is 0.704. The van der Waals surface area contributed by atoms with Gasteiger partial charge in [0, 0.05) is 23.2 Å². The van der Waals surface area contributed by atoms with Crippen LogP contribution in [0.3, 0.4) is 0 Å². The number of nitrogen functional groups attached to an aromatic ring is 1. The van der Waals surface area contributed by atoms with Crippen LogP contribution in [0.2, 0.25) is 0 Å². The molecule has 1 aromatic carbocycles. The van der Waals surface area contributed by atoms with Crippen LogP contribution < -0.4 is 5.73 Å². The maximum absolute atomic E-state index is 14.0. The molecule has 0 spiro atoms. The number of fused-ring (bicyclic) bond motifs is 1. The predicted molar refractivity (Wildman–Crippen MR) is 76.1 cm³/mol. The van der Waals surface area contributed by atoms with Crippen LogP contribution in [0.1, 0.15) is 5.82 Å². The third kappa shape index (κ3) is 2.43. The van der Waals surface area contributed by atoms with Crippen LogP contribution in [-0.2, 0) is 23.1 Å². The Kier molecular flexibility index (Phi) is 3.46. The van der Waals surface area contributed by atoms with Crippen LogP contribution in [0.15, 0.2) is 27.8 Å². The van der Waals surface area contributed by atoms with E-state index in [-0.39, 0.29) is 18.8 Å². The van der Waals surface area contributed by atoms with Gasteiger partial charge in [-0.15, -0.1) is 10.2 Å². The van der Waals surface area contributed by atoms with Gasteiger partial charge in [0.05, 0.1) is 6.54 Å². The smallest absolute Gasteiger partial charge is 0.246 e. The molecular weight excluding hydrogens is 365 g/mol. The van der Waals surface area contributed by atoms with Crippen molar-refractivity contribution in [1.82, 2.24) is 19.1 Å². The number of hydrogen-bond donors (Lipinski definition) is 1. The zero-order valence-corrected chi connectivity index (χ0v) is 13.1. The third-order valence-electron chi connectivity index (χ3n) is 3.27. The Balaban J connectivity index is 2.00. The van der Waals surface area contributed by atoms with Gasteiger partial charge in [-0.3, -0.25) is 0 Å². The van der Waals surface area contributed by atoms with E-state index in [0.717, 1.165) is 12.1 Å². The average molecular weight is 376 g/mol. The Morgan fingerprint density at radius 2 is 2.10 bits per heavy atom. The van der Waals surface area contributed by atoms with Gasteiger partial charge in [-0.1, -0.05) is 0 Å². The summed E-state index contributed by atoms with van der Waals surface area (Å²) in [5, 5.41) is 7.58. The number of halogens is 2. The highest BCUT2D eigenvalue weighted by atomic mass is 79.9. The van der Waals surface area contributed by atoms with Crippen LogP contribution in [0.25, 0.3) is 0 Å². The van der Waals surface area contributed by atoms with Gasteiger partial charge in [-0.25, -0.2) is 12.8 Å². The van der Waals surface area contributed by atoms with Crippen molar-refractivity contribution < 1.29 is 12.8 Å². The van der Waals surface area contributed by atoms with Crippen molar-refractivity contribution in [1.29, 1.82) is 0 Å². The van der Waals surface area contributed by atoms with Gasteiger partial charge in [-0.05, 0) is 28.1 Å². The Bertz CT molecular complexity index is 807. The lowest BCUT2D eigenvalue weighted by Crippen LogP contribution is -2.38. The zero-order chi connectivity index (χ0) is 15.2. The van der Waals surface area contributed by atoms with Crippen molar-refractivity contribution in [2.45, 2.75) is 18.0 Å². The normalized spacial score (nSPS) is 15.9. The molecule has 2 aromatic rings. The second-order valence-electron chi connectivity index (χ2n) is 4.58. The summed E-state index contributed by atoms with van der Waals surface area (Å²) >= 11 is 3.06. The number of nitrogens with two attached hydrogens (primary N) is 1. The number of hydrogen-bond acceptors (Lipinski definition) is 5. The quantitative estimate of drug-likeness (QED) is 0.789. The van der Waals surface area contributed by atoms with E-state index in [2.05, 4.69) is 26.1 Å². The minimum Gasteiger partial charge on any atom is -0.398 e. The standard InChI is InChI=1S/C11H11BrFN5O2S/c12-7-3-8(13)10(4-9(7)14)21(19,20)18-2-1-17-6-15-16-11(17)5-18/h3-4,6H,1-2,5,14H2. The maximum atomic E-state index is 14.0. The molecule has 0 saturated heterocycles. The Morgan fingerprint density at radius 3 is 2.86 bits per heavy atom. The molecular formula is C11H11BrFN5O2S. The van der Waals surface area contributed by atoms with Crippen molar-refractivity contribution in [2.75, 3.05) is 12.3 Å². The Hall–Kier alpha value is -1.52.